The molecule has 2 saturated carbocycles. The molecule has 1 N–H and O–H groups in total. The summed E-state index contributed by atoms with van der Waals surface area (Å²) in [7, 11) is 0. The number of fused-ring (bicyclic) bond motifs is 2. The number of aromatic nitrogens is 1. The lowest BCUT2D eigenvalue weighted by Gasteiger charge is -2.31. The maximum Gasteiger partial charge on any atom is 0.123 e. The van der Waals surface area contributed by atoms with Gasteiger partial charge in [-0.25, -0.2) is 4.98 Å². The van der Waals surface area contributed by atoms with E-state index in [2.05, 4.69) is 20.9 Å². The molecule has 3 rings (SSSR count). The van der Waals surface area contributed by atoms with Crippen molar-refractivity contribution >= 4 is 27.3 Å². The van der Waals surface area contributed by atoms with Crippen LogP contribution < -0.4 is 0 Å². The van der Waals surface area contributed by atoms with Crippen molar-refractivity contribution in [2.24, 2.45) is 11.8 Å². The summed E-state index contributed by atoms with van der Waals surface area (Å²) >= 11 is 5.00. The van der Waals surface area contributed by atoms with E-state index < -0.39 is 5.60 Å². The van der Waals surface area contributed by atoms with Gasteiger partial charge in [0.15, 0.2) is 0 Å². The number of thiazole rings is 1. The van der Waals surface area contributed by atoms with Crippen LogP contribution in [0.25, 0.3) is 0 Å². The average molecular weight is 274 g/mol. The van der Waals surface area contributed by atoms with E-state index in [1.807, 2.05) is 5.51 Å². The summed E-state index contributed by atoms with van der Waals surface area (Å²) in [6.45, 7) is 0. The minimum atomic E-state index is -0.567. The Labute approximate surface area is 95.5 Å². The second-order valence-corrected chi connectivity index (χ2v) is 6.08. The van der Waals surface area contributed by atoms with Crippen molar-refractivity contribution in [2.45, 2.75) is 31.3 Å². The Morgan fingerprint density at radius 1 is 1.57 bits per heavy atom. The van der Waals surface area contributed by atoms with Crippen LogP contribution in [0.15, 0.2) is 10.1 Å². The molecule has 4 heteroatoms. The van der Waals surface area contributed by atoms with Crippen LogP contribution in [0.5, 0.6) is 0 Å². The molecule has 2 fully saturated rings. The first-order chi connectivity index (χ1) is 6.70. The number of hydrogen-bond donors (Lipinski definition) is 1. The largest absolute Gasteiger partial charge is 0.384 e. The third-order valence-corrected chi connectivity index (χ3v) is 5.59. The zero-order valence-corrected chi connectivity index (χ0v) is 10.1. The molecule has 2 aliphatic carbocycles. The van der Waals surface area contributed by atoms with Gasteiger partial charge in [0.25, 0.3) is 0 Å². The van der Waals surface area contributed by atoms with Gasteiger partial charge in [-0.1, -0.05) is 0 Å². The number of aliphatic hydroxyl groups is 1. The number of halogens is 1. The van der Waals surface area contributed by atoms with E-state index >= 15 is 0 Å². The van der Waals surface area contributed by atoms with Gasteiger partial charge in [-0.2, -0.15) is 0 Å². The van der Waals surface area contributed by atoms with Crippen molar-refractivity contribution in [3.63, 3.8) is 0 Å². The van der Waals surface area contributed by atoms with Crippen molar-refractivity contribution in [3.05, 3.63) is 15.0 Å². The van der Waals surface area contributed by atoms with E-state index in [0.29, 0.717) is 5.92 Å². The fourth-order valence-electron chi connectivity index (χ4n) is 3.09. The summed E-state index contributed by atoms with van der Waals surface area (Å²) < 4.78 is 0.845. The molecule has 76 valence electrons. The van der Waals surface area contributed by atoms with Crippen LogP contribution in [0.4, 0.5) is 0 Å². The van der Waals surface area contributed by atoms with E-state index in [1.165, 1.54) is 19.3 Å². The van der Waals surface area contributed by atoms with Gasteiger partial charge in [0.2, 0.25) is 0 Å². The van der Waals surface area contributed by atoms with Gasteiger partial charge in [0.05, 0.1) is 10.4 Å². The van der Waals surface area contributed by atoms with Crippen LogP contribution in [0.2, 0.25) is 0 Å². The first-order valence-electron chi connectivity index (χ1n) is 5.02. The third kappa shape index (κ3) is 1.14. The van der Waals surface area contributed by atoms with E-state index in [9.17, 15) is 5.11 Å². The molecule has 1 heterocycles. The quantitative estimate of drug-likeness (QED) is 0.854. The smallest absolute Gasteiger partial charge is 0.123 e. The topological polar surface area (TPSA) is 33.1 Å². The van der Waals surface area contributed by atoms with Crippen LogP contribution >= 0.6 is 27.3 Å². The predicted octanol–water partition coefficient (Wildman–Crippen LogP) is 2.91. The Balaban J connectivity index is 2.02. The predicted molar refractivity (Wildman–Crippen MR) is 59.2 cm³/mol. The van der Waals surface area contributed by atoms with Crippen molar-refractivity contribution in [1.29, 1.82) is 0 Å². The van der Waals surface area contributed by atoms with Gasteiger partial charge >= 0.3 is 0 Å². The Hall–Kier alpha value is 0.0700. The maximum absolute atomic E-state index is 10.7. The highest BCUT2D eigenvalue weighted by Crippen LogP contribution is 2.57. The molecular formula is C10H12BrNOS. The summed E-state index contributed by atoms with van der Waals surface area (Å²) in [5.41, 5.74) is 1.24. The Kier molecular flexibility index (Phi) is 2.01. The summed E-state index contributed by atoms with van der Waals surface area (Å²) in [4.78, 5) is 5.21. The summed E-state index contributed by atoms with van der Waals surface area (Å²) in [5.74, 6) is 1.23. The molecule has 0 saturated heterocycles. The Bertz CT molecular complexity index is 367. The molecule has 2 aliphatic rings. The second kappa shape index (κ2) is 3.03. The molecule has 2 nitrogen and oxygen atoms in total. The lowest BCUT2D eigenvalue weighted by molar-refractivity contribution is -0.0156. The summed E-state index contributed by atoms with van der Waals surface area (Å²) in [6.07, 6.45) is 4.65. The minimum Gasteiger partial charge on any atom is -0.384 e. The lowest BCUT2D eigenvalue weighted by Crippen LogP contribution is -2.31. The molecule has 3 unspecified atom stereocenters. The van der Waals surface area contributed by atoms with E-state index in [4.69, 9.17) is 0 Å². The molecule has 3 atom stereocenters. The normalized spacial score (nSPS) is 40.7. The fourth-order valence-corrected chi connectivity index (χ4v) is 4.82. The molecule has 1 aromatic rings. The molecular weight excluding hydrogens is 262 g/mol. The summed E-state index contributed by atoms with van der Waals surface area (Å²) in [5, 5.41) is 10.7. The maximum atomic E-state index is 10.7. The monoisotopic (exact) mass is 273 g/mol. The Morgan fingerprint density at radius 3 is 2.93 bits per heavy atom. The average Bonchev–Trinajstić information content (AvgIpc) is 2.78. The highest BCUT2D eigenvalue weighted by Gasteiger charge is 2.52. The van der Waals surface area contributed by atoms with Crippen LogP contribution in [0, 0.1) is 11.8 Å². The van der Waals surface area contributed by atoms with E-state index in [1.54, 1.807) is 11.3 Å². The molecule has 0 amide bonds. The van der Waals surface area contributed by atoms with Crippen LogP contribution in [0.1, 0.15) is 30.6 Å². The van der Waals surface area contributed by atoms with Crippen LogP contribution in [-0.4, -0.2) is 10.1 Å². The second-order valence-electron chi connectivity index (χ2n) is 4.48. The van der Waals surface area contributed by atoms with Gasteiger partial charge in [-0.05, 0) is 53.4 Å². The molecule has 0 spiro atoms. The molecule has 14 heavy (non-hydrogen) atoms. The zero-order valence-electron chi connectivity index (χ0n) is 7.74. The molecule has 0 aromatic carbocycles. The van der Waals surface area contributed by atoms with Crippen molar-refractivity contribution in [1.82, 2.24) is 4.98 Å². The van der Waals surface area contributed by atoms with Crippen molar-refractivity contribution < 1.29 is 5.11 Å². The molecule has 0 radical (unpaired) electrons. The molecule has 2 bridgehead atoms. The van der Waals surface area contributed by atoms with Crippen molar-refractivity contribution in [3.8, 4) is 0 Å². The fraction of sp³-hybridized carbons (Fsp3) is 0.700. The van der Waals surface area contributed by atoms with Gasteiger partial charge < -0.3 is 5.11 Å². The Morgan fingerprint density at radius 2 is 2.43 bits per heavy atom. The summed E-state index contributed by atoms with van der Waals surface area (Å²) in [6, 6.07) is 0. The zero-order chi connectivity index (χ0) is 9.76. The number of rotatable bonds is 1. The highest BCUT2D eigenvalue weighted by atomic mass is 79.9. The van der Waals surface area contributed by atoms with Gasteiger partial charge in [0, 0.05) is 0 Å². The molecule has 0 aliphatic heterocycles. The first-order valence-corrected chi connectivity index (χ1v) is 6.69. The highest BCUT2D eigenvalue weighted by molar-refractivity contribution is 9.10. The molecule has 1 aromatic heterocycles. The van der Waals surface area contributed by atoms with Crippen molar-refractivity contribution in [2.75, 3.05) is 0 Å². The minimum absolute atomic E-state index is 0.476. The van der Waals surface area contributed by atoms with Gasteiger partial charge in [0.1, 0.15) is 10.2 Å². The SMILES string of the molecule is OC1(c2scnc2Br)CC2CCC1C2. The number of hydrogen-bond acceptors (Lipinski definition) is 3. The van der Waals surface area contributed by atoms with Crippen LogP contribution in [-0.2, 0) is 5.60 Å². The standard InChI is InChI=1S/C10H12BrNOS/c11-9-8(14-5-12-9)10(13)4-6-1-2-7(10)3-6/h5-7,13H,1-4H2. The van der Waals surface area contributed by atoms with Gasteiger partial charge in [-0.15, -0.1) is 11.3 Å². The van der Waals surface area contributed by atoms with E-state index in [0.717, 1.165) is 21.8 Å². The first kappa shape index (κ1) is 9.31. The van der Waals surface area contributed by atoms with Crippen LogP contribution in [0.3, 0.4) is 0 Å². The van der Waals surface area contributed by atoms with Gasteiger partial charge in [-0.3, -0.25) is 0 Å². The number of nitrogens with zero attached hydrogens (tertiary/aromatic N) is 1. The third-order valence-electron chi connectivity index (χ3n) is 3.73. The van der Waals surface area contributed by atoms with E-state index in [-0.39, 0.29) is 0 Å². The lowest BCUT2D eigenvalue weighted by atomic mass is 9.83.